The summed E-state index contributed by atoms with van der Waals surface area (Å²) in [4.78, 5) is 15.9. The highest BCUT2D eigenvalue weighted by atomic mass is 35.5. The number of amides is 2. The molecule has 5 nitrogen and oxygen atoms in total. The zero-order chi connectivity index (χ0) is 17.8. The third-order valence-corrected chi connectivity index (χ3v) is 4.55. The van der Waals surface area contributed by atoms with Gasteiger partial charge >= 0.3 is 6.03 Å². The van der Waals surface area contributed by atoms with Gasteiger partial charge in [0.2, 0.25) is 0 Å². The Balaban J connectivity index is 1.66. The number of halogens is 2. The van der Waals surface area contributed by atoms with Crippen LogP contribution in [-0.4, -0.2) is 34.9 Å². The minimum absolute atomic E-state index is 0.110. The average Bonchev–Trinajstić information content (AvgIpc) is 2.72. The Labute approximate surface area is 156 Å². The molecule has 1 aliphatic heterocycles. The van der Waals surface area contributed by atoms with Crippen molar-refractivity contribution in [3.8, 4) is 0 Å². The molecular weight excluding hydrogens is 359 g/mol. The number of rotatable bonds is 4. The lowest BCUT2D eigenvalue weighted by molar-refractivity contribution is 0.201. The van der Waals surface area contributed by atoms with E-state index in [0.717, 1.165) is 11.1 Å². The summed E-state index contributed by atoms with van der Waals surface area (Å²) in [5.74, 6) is 0.110. The number of nitrogens with zero attached hydrogens (tertiary/aromatic N) is 2. The second-order valence-electron chi connectivity index (χ2n) is 5.87. The summed E-state index contributed by atoms with van der Waals surface area (Å²) in [5.41, 5.74) is 2.03. The molecule has 0 aliphatic carbocycles. The highest BCUT2D eigenvalue weighted by Crippen LogP contribution is 2.15. The SMILES string of the molecule is N=C1NC(=O)N(Cc2ccc(Cl)cc2)CCN1Cc1ccc(Cl)cc1. The zero-order valence-electron chi connectivity index (χ0n) is 13.5. The van der Waals surface area contributed by atoms with Crippen molar-refractivity contribution in [2.24, 2.45) is 0 Å². The molecule has 0 aromatic heterocycles. The number of carbonyl (C=O) groups is 1. The van der Waals surface area contributed by atoms with Crippen LogP contribution in [0.15, 0.2) is 48.5 Å². The van der Waals surface area contributed by atoms with Gasteiger partial charge in [-0.2, -0.15) is 0 Å². The standard InChI is InChI=1S/C18H18Cl2N4O/c19-15-5-1-13(2-6-15)11-23-9-10-24(18(25)22-17(23)21)12-14-3-7-16(20)8-4-14/h1-8H,9-12H2,(H2,21,22,25). The third-order valence-electron chi connectivity index (χ3n) is 4.04. The molecule has 2 aromatic carbocycles. The number of hydrogen-bond donors (Lipinski definition) is 2. The molecule has 7 heteroatoms. The van der Waals surface area contributed by atoms with E-state index < -0.39 is 0 Å². The fraction of sp³-hybridized carbons (Fsp3) is 0.222. The average molecular weight is 377 g/mol. The molecule has 1 saturated heterocycles. The van der Waals surface area contributed by atoms with Crippen molar-refractivity contribution < 1.29 is 4.79 Å². The van der Waals surface area contributed by atoms with Gasteiger partial charge < -0.3 is 9.80 Å². The van der Waals surface area contributed by atoms with Crippen molar-refractivity contribution in [1.29, 1.82) is 5.41 Å². The molecule has 1 heterocycles. The Morgan fingerprint density at radius 3 is 1.80 bits per heavy atom. The van der Waals surface area contributed by atoms with E-state index in [1.165, 1.54) is 0 Å². The van der Waals surface area contributed by atoms with Crippen molar-refractivity contribution >= 4 is 35.2 Å². The second-order valence-corrected chi connectivity index (χ2v) is 6.75. The van der Waals surface area contributed by atoms with Gasteiger partial charge in [-0.1, -0.05) is 47.5 Å². The smallest absolute Gasteiger partial charge is 0.324 e. The Kier molecular flexibility index (Phi) is 5.46. The summed E-state index contributed by atoms with van der Waals surface area (Å²) >= 11 is 11.8. The Morgan fingerprint density at radius 1 is 0.840 bits per heavy atom. The lowest BCUT2D eigenvalue weighted by atomic mass is 10.2. The third kappa shape index (κ3) is 4.65. The van der Waals surface area contributed by atoms with Gasteiger partial charge in [0.1, 0.15) is 0 Å². The molecule has 3 rings (SSSR count). The fourth-order valence-electron chi connectivity index (χ4n) is 2.64. The lowest BCUT2D eigenvalue weighted by Crippen LogP contribution is -2.42. The molecule has 0 spiro atoms. The van der Waals surface area contributed by atoms with Crippen LogP contribution in [0.5, 0.6) is 0 Å². The summed E-state index contributed by atoms with van der Waals surface area (Å²) in [6.07, 6.45) is 0. The van der Waals surface area contributed by atoms with Gasteiger partial charge in [-0.3, -0.25) is 10.7 Å². The number of nitrogens with one attached hydrogen (secondary N) is 2. The lowest BCUT2D eigenvalue weighted by Gasteiger charge is -2.22. The van der Waals surface area contributed by atoms with E-state index in [9.17, 15) is 4.79 Å². The van der Waals surface area contributed by atoms with Crippen LogP contribution < -0.4 is 5.32 Å². The Morgan fingerprint density at radius 2 is 1.28 bits per heavy atom. The van der Waals surface area contributed by atoms with Gasteiger partial charge in [0.15, 0.2) is 5.96 Å². The first kappa shape index (κ1) is 17.6. The van der Waals surface area contributed by atoms with Gasteiger partial charge in [0.05, 0.1) is 0 Å². The van der Waals surface area contributed by atoms with Crippen LogP contribution in [0.4, 0.5) is 4.79 Å². The van der Waals surface area contributed by atoms with Crippen LogP contribution in [-0.2, 0) is 13.1 Å². The molecule has 0 unspecified atom stereocenters. The summed E-state index contributed by atoms with van der Waals surface area (Å²) in [6.45, 7) is 2.13. The minimum Gasteiger partial charge on any atom is -0.337 e. The first-order valence-electron chi connectivity index (χ1n) is 7.89. The fourth-order valence-corrected chi connectivity index (χ4v) is 2.90. The summed E-state index contributed by atoms with van der Waals surface area (Å²) in [7, 11) is 0. The van der Waals surface area contributed by atoms with Crippen molar-refractivity contribution in [3.05, 3.63) is 69.7 Å². The van der Waals surface area contributed by atoms with Gasteiger partial charge in [0.25, 0.3) is 0 Å². The van der Waals surface area contributed by atoms with E-state index >= 15 is 0 Å². The summed E-state index contributed by atoms with van der Waals surface area (Å²) in [6, 6.07) is 14.6. The predicted molar refractivity (Wildman–Crippen MR) is 100.0 cm³/mol. The van der Waals surface area contributed by atoms with Crippen molar-refractivity contribution in [1.82, 2.24) is 15.1 Å². The quantitative estimate of drug-likeness (QED) is 0.848. The Hall–Kier alpha value is -2.24. The first-order chi connectivity index (χ1) is 12.0. The minimum atomic E-state index is -0.265. The Bertz CT molecular complexity index is 696. The number of carbonyl (C=O) groups excluding carboxylic acids is 1. The maximum atomic E-state index is 12.3. The maximum Gasteiger partial charge on any atom is 0.324 e. The number of guanidine groups is 1. The molecule has 0 bridgehead atoms. The molecule has 0 atom stereocenters. The van der Waals surface area contributed by atoms with E-state index in [1.54, 1.807) is 4.90 Å². The highest BCUT2D eigenvalue weighted by Gasteiger charge is 2.23. The van der Waals surface area contributed by atoms with Crippen LogP contribution in [0.3, 0.4) is 0 Å². The number of hydrogen-bond acceptors (Lipinski definition) is 2. The van der Waals surface area contributed by atoms with Crippen LogP contribution in [0.1, 0.15) is 11.1 Å². The van der Waals surface area contributed by atoms with E-state index in [4.69, 9.17) is 28.6 Å². The van der Waals surface area contributed by atoms with Gasteiger partial charge in [0, 0.05) is 36.2 Å². The number of benzene rings is 2. The second kappa shape index (κ2) is 7.76. The molecule has 0 radical (unpaired) electrons. The van der Waals surface area contributed by atoms with Crippen LogP contribution in [0, 0.1) is 5.41 Å². The van der Waals surface area contributed by atoms with Crippen LogP contribution in [0.25, 0.3) is 0 Å². The summed E-state index contributed by atoms with van der Waals surface area (Å²) in [5, 5.41) is 12.1. The van der Waals surface area contributed by atoms with Crippen molar-refractivity contribution in [2.45, 2.75) is 13.1 Å². The van der Waals surface area contributed by atoms with Gasteiger partial charge in [-0.15, -0.1) is 0 Å². The zero-order valence-corrected chi connectivity index (χ0v) is 15.0. The molecular formula is C18H18Cl2N4O. The molecule has 2 N–H and O–H groups in total. The van der Waals surface area contributed by atoms with E-state index in [-0.39, 0.29) is 12.0 Å². The molecule has 2 aromatic rings. The van der Waals surface area contributed by atoms with E-state index in [2.05, 4.69) is 5.32 Å². The topological polar surface area (TPSA) is 59.4 Å². The maximum absolute atomic E-state index is 12.3. The van der Waals surface area contributed by atoms with Gasteiger partial charge in [-0.25, -0.2) is 4.79 Å². The van der Waals surface area contributed by atoms with Crippen LogP contribution >= 0.6 is 23.2 Å². The van der Waals surface area contributed by atoms with Crippen molar-refractivity contribution in [2.75, 3.05) is 13.1 Å². The first-order valence-corrected chi connectivity index (χ1v) is 8.65. The van der Waals surface area contributed by atoms with Crippen LogP contribution in [0.2, 0.25) is 10.0 Å². The predicted octanol–water partition coefficient (Wildman–Crippen LogP) is 3.96. The summed E-state index contributed by atoms with van der Waals surface area (Å²) < 4.78 is 0. The molecule has 0 saturated carbocycles. The van der Waals surface area contributed by atoms with Gasteiger partial charge in [-0.05, 0) is 35.4 Å². The largest absolute Gasteiger partial charge is 0.337 e. The molecule has 1 fully saturated rings. The highest BCUT2D eigenvalue weighted by molar-refractivity contribution is 6.30. The molecule has 25 heavy (non-hydrogen) atoms. The molecule has 1 aliphatic rings. The van der Waals surface area contributed by atoms with E-state index in [0.29, 0.717) is 36.2 Å². The normalized spacial score (nSPS) is 15.1. The van der Waals surface area contributed by atoms with E-state index in [1.807, 2.05) is 53.4 Å². The van der Waals surface area contributed by atoms with Crippen molar-refractivity contribution in [3.63, 3.8) is 0 Å². The monoisotopic (exact) mass is 376 g/mol. The molecule has 130 valence electrons. The number of urea groups is 1. The molecule has 2 amide bonds.